The average molecular weight is 261 g/mol. The molecule has 94 valence electrons. The van der Waals surface area contributed by atoms with Gasteiger partial charge < -0.3 is 15.8 Å². The van der Waals surface area contributed by atoms with E-state index in [0.29, 0.717) is 0 Å². The van der Waals surface area contributed by atoms with Gasteiger partial charge in [-0.3, -0.25) is 0 Å². The number of hydrogen-bond acceptors (Lipinski definition) is 4. The Morgan fingerprint density at radius 2 is 2.11 bits per heavy atom. The number of oxime groups is 1. The summed E-state index contributed by atoms with van der Waals surface area (Å²) in [5.74, 6) is 0.128. The standard InChI is InChI=1S/C13H15N3OS/c1-16(9-10-5-4-8-18-10)12-7-3-2-6-11(12)13(14)15-17/h2-8,17H,9H2,1H3,(H2,14,15). The fourth-order valence-corrected chi connectivity index (χ4v) is 2.56. The van der Waals surface area contributed by atoms with Gasteiger partial charge in [-0.1, -0.05) is 23.4 Å². The summed E-state index contributed by atoms with van der Waals surface area (Å²) < 4.78 is 0. The monoisotopic (exact) mass is 261 g/mol. The molecule has 4 nitrogen and oxygen atoms in total. The van der Waals surface area contributed by atoms with Gasteiger partial charge in [0, 0.05) is 23.2 Å². The third kappa shape index (κ3) is 2.62. The van der Waals surface area contributed by atoms with Crippen LogP contribution in [0.3, 0.4) is 0 Å². The Morgan fingerprint density at radius 3 is 2.78 bits per heavy atom. The second-order valence-electron chi connectivity index (χ2n) is 3.94. The molecule has 0 spiro atoms. The minimum absolute atomic E-state index is 0.128. The zero-order valence-corrected chi connectivity index (χ0v) is 10.9. The smallest absolute Gasteiger partial charge is 0.172 e. The highest BCUT2D eigenvalue weighted by molar-refractivity contribution is 7.09. The van der Waals surface area contributed by atoms with Crippen molar-refractivity contribution < 1.29 is 5.21 Å². The lowest BCUT2D eigenvalue weighted by Gasteiger charge is -2.21. The molecule has 0 aliphatic rings. The Kier molecular flexibility index (Phi) is 3.84. The number of rotatable bonds is 4. The largest absolute Gasteiger partial charge is 0.409 e. The lowest BCUT2D eigenvalue weighted by atomic mass is 10.1. The number of amidine groups is 1. The first kappa shape index (κ1) is 12.4. The molecule has 0 aliphatic carbocycles. The number of nitrogens with zero attached hydrogens (tertiary/aromatic N) is 2. The van der Waals surface area contributed by atoms with Crippen LogP contribution in [0, 0.1) is 0 Å². The third-order valence-corrected chi connectivity index (χ3v) is 3.53. The van der Waals surface area contributed by atoms with Gasteiger partial charge in [-0.05, 0) is 23.6 Å². The highest BCUT2D eigenvalue weighted by Gasteiger charge is 2.10. The highest BCUT2D eigenvalue weighted by atomic mass is 32.1. The first-order valence-electron chi connectivity index (χ1n) is 5.53. The van der Waals surface area contributed by atoms with Gasteiger partial charge in [-0.2, -0.15) is 0 Å². The quantitative estimate of drug-likeness (QED) is 0.385. The fraction of sp³-hybridized carbons (Fsp3) is 0.154. The van der Waals surface area contributed by atoms with E-state index in [2.05, 4.69) is 21.5 Å². The summed E-state index contributed by atoms with van der Waals surface area (Å²) in [6.45, 7) is 0.799. The van der Waals surface area contributed by atoms with Crippen molar-refractivity contribution in [2.45, 2.75) is 6.54 Å². The van der Waals surface area contributed by atoms with E-state index in [4.69, 9.17) is 10.9 Å². The topological polar surface area (TPSA) is 61.8 Å². The molecule has 0 bridgehead atoms. The van der Waals surface area contributed by atoms with Crippen LogP contribution in [0.5, 0.6) is 0 Å². The Balaban J connectivity index is 2.27. The maximum atomic E-state index is 8.80. The Labute approximate surface area is 110 Å². The second-order valence-corrected chi connectivity index (χ2v) is 4.97. The van der Waals surface area contributed by atoms with E-state index in [1.54, 1.807) is 11.3 Å². The van der Waals surface area contributed by atoms with Gasteiger partial charge in [-0.15, -0.1) is 11.3 Å². The van der Waals surface area contributed by atoms with Crippen LogP contribution in [0.1, 0.15) is 10.4 Å². The zero-order valence-electron chi connectivity index (χ0n) is 10.1. The maximum absolute atomic E-state index is 8.80. The van der Waals surface area contributed by atoms with Crippen molar-refractivity contribution in [1.82, 2.24) is 0 Å². The van der Waals surface area contributed by atoms with Crippen molar-refractivity contribution in [2.75, 3.05) is 11.9 Å². The van der Waals surface area contributed by atoms with Crippen LogP contribution in [-0.2, 0) is 6.54 Å². The summed E-state index contributed by atoms with van der Waals surface area (Å²) in [6.07, 6.45) is 0. The molecular weight excluding hydrogens is 246 g/mol. The van der Waals surface area contributed by atoms with Crippen molar-refractivity contribution in [3.05, 3.63) is 52.2 Å². The van der Waals surface area contributed by atoms with E-state index in [1.807, 2.05) is 37.4 Å². The van der Waals surface area contributed by atoms with Crippen LogP contribution >= 0.6 is 11.3 Å². The first-order chi connectivity index (χ1) is 8.72. The van der Waals surface area contributed by atoms with Gasteiger partial charge in [0.15, 0.2) is 5.84 Å². The summed E-state index contributed by atoms with van der Waals surface area (Å²) >= 11 is 1.71. The normalized spacial score (nSPS) is 11.5. The molecule has 18 heavy (non-hydrogen) atoms. The van der Waals surface area contributed by atoms with E-state index < -0.39 is 0 Å². The van der Waals surface area contributed by atoms with Crippen LogP contribution in [0.2, 0.25) is 0 Å². The van der Waals surface area contributed by atoms with Crippen LogP contribution < -0.4 is 10.6 Å². The van der Waals surface area contributed by atoms with Gasteiger partial charge in [0.2, 0.25) is 0 Å². The molecule has 0 unspecified atom stereocenters. The fourth-order valence-electron chi connectivity index (χ4n) is 1.80. The molecule has 1 aromatic carbocycles. The molecule has 0 atom stereocenters. The van der Waals surface area contributed by atoms with Gasteiger partial charge in [0.05, 0.1) is 6.54 Å². The molecule has 0 amide bonds. The summed E-state index contributed by atoms with van der Waals surface area (Å²) in [6, 6.07) is 11.7. The minimum atomic E-state index is 0.128. The predicted octanol–water partition coefficient (Wildman–Crippen LogP) is 2.48. The molecular formula is C13H15N3OS. The van der Waals surface area contributed by atoms with Crippen molar-refractivity contribution in [3.8, 4) is 0 Å². The van der Waals surface area contributed by atoms with E-state index in [9.17, 15) is 0 Å². The first-order valence-corrected chi connectivity index (χ1v) is 6.41. The SMILES string of the molecule is CN(Cc1cccs1)c1ccccc1/C(N)=N/O. The summed E-state index contributed by atoms with van der Waals surface area (Å²) in [5.41, 5.74) is 7.36. The van der Waals surface area contributed by atoms with Gasteiger partial charge in [0.25, 0.3) is 0 Å². The van der Waals surface area contributed by atoms with Crippen LogP contribution in [0.25, 0.3) is 0 Å². The summed E-state index contributed by atoms with van der Waals surface area (Å²) in [7, 11) is 1.99. The summed E-state index contributed by atoms with van der Waals surface area (Å²) in [4.78, 5) is 3.35. The molecule has 2 aromatic rings. The van der Waals surface area contributed by atoms with Gasteiger partial charge >= 0.3 is 0 Å². The molecule has 3 N–H and O–H groups in total. The molecule has 0 saturated carbocycles. The molecule has 1 heterocycles. The molecule has 2 rings (SSSR count). The van der Waals surface area contributed by atoms with Gasteiger partial charge in [-0.25, -0.2) is 0 Å². The number of thiophene rings is 1. The molecule has 0 fully saturated rings. The molecule has 0 aliphatic heterocycles. The highest BCUT2D eigenvalue weighted by Crippen LogP contribution is 2.22. The van der Waals surface area contributed by atoms with E-state index >= 15 is 0 Å². The Bertz CT molecular complexity index is 537. The zero-order chi connectivity index (χ0) is 13.0. The van der Waals surface area contributed by atoms with Crippen LogP contribution in [0.15, 0.2) is 46.9 Å². The Hall–Kier alpha value is -2.01. The summed E-state index contributed by atoms with van der Waals surface area (Å²) in [5, 5.41) is 13.9. The van der Waals surface area contributed by atoms with Crippen molar-refractivity contribution >= 4 is 22.9 Å². The van der Waals surface area contributed by atoms with Crippen molar-refractivity contribution in [1.29, 1.82) is 0 Å². The lowest BCUT2D eigenvalue weighted by molar-refractivity contribution is 0.318. The van der Waals surface area contributed by atoms with Crippen molar-refractivity contribution in [2.24, 2.45) is 10.9 Å². The predicted molar refractivity (Wildman–Crippen MR) is 75.4 cm³/mol. The maximum Gasteiger partial charge on any atom is 0.172 e. The molecule has 1 aromatic heterocycles. The van der Waals surface area contributed by atoms with Crippen LogP contribution in [-0.4, -0.2) is 18.1 Å². The van der Waals surface area contributed by atoms with Crippen molar-refractivity contribution in [3.63, 3.8) is 0 Å². The average Bonchev–Trinajstić information content (AvgIpc) is 2.90. The lowest BCUT2D eigenvalue weighted by Crippen LogP contribution is -2.22. The third-order valence-electron chi connectivity index (χ3n) is 2.67. The molecule has 0 saturated heterocycles. The van der Waals surface area contributed by atoms with E-state index in [1.165, 1.54) is 4.88 Å². The minimum Gasteiger partial charge on any atom is -0.409 e. The van der Waals surface area contributed by atoms with Crippen LogP contribution in [0.4, 0.5) is 5.69 Å². The molecule has 0 radical (unpaired) electrons. The van der Waals surface area contributed by atoms with Gasteiger partial charge in [0.1, 0.15) is 0 Å². The Morgan fingerprint density at radius 1 is 1.33 bits per heavy atom. The number of para-hydroxylation sites is 1. The number of nitrogens with two attached hydrogens (primary N) is 1. The number of hydrogen-bond donors (Lipinski definition) is 2. The van der Waals surface area contributed by atoms with E-state index in [0.717, 1.165) is 17.8 Å². The number of benzene rings is 1. The molecule has 5 heteroatoms. The van der Waals surface area contributed by atoms with E-state index in [-0.39, 0.29) is 5.84 Å². The number of anilines is 1. The second kappa shape index (κ2) is 5.55.